The van der Waals surface area contributed by atoms with E-state index in [0.29, 0.717) is 11.9 Å². The van der Waals surface area contributed by atoms with Crippen molar-refractivity contribution in [2.75, 3.05) is 12.4 Å². The van der Waals surface area contributed by atoms with Crippen LogP contribution < -0.4 is 5.32 Å². The maximum Gasteiger partial charge on any atom is 0.271 e. The zero-order chi connectivity index (χ0) is 17.4. The number of alkyl halides is 1. The lowest BCUT2D eigenvalue weighted by Crippen LogP contribution is -2.30. The number of hydrogen-bond donors (Lipinski definition) is 6. The third-order valence-corrected chi connectivity index (χ3v) is 3.41. The fourth-order valence-electron chi connectivity index (χ4n) is 2.42. The molecule has 6 N–H and O–H groups in total. The second-order valence-corrected chi connectivity index (χ2v) is 7.54. The maximum atomic E-state index is 7.44. The van der Waals surface area contributed by atoms with Crippen molar-refractivity contribution < 1.29 is 19.6 Å². The van der Waals surface area contributed by atoms with Gasteiger partial charge in [-0.3, -0.25) is 0 Å². The Morgan fingerprint density at radius 2 is 1.65 bits per heavy atom. The molecule has 0 saturated heterocycles. The van der Waals surface area contributed by atoms with E-state index in [9.17, 15) is 0 Å². The van der Waals surface area contributed by atoms with Crippen molar-refractivity contribution in [3.05, 3.63) is 35.5 Å². The van der Waals surface area contributed by atoms with Gasteiger partial charge in [0.25, 0.3) is 15.5 Å². The van der Waals surface area contributed by atoms with Crippen molar-refractivity contribution in [2.45, 2.75) is 12.5 Å². The van der Waals surface area contributed by atoms with Crippen LogP contribution >= 0.6 is 49.5 Å². The molecule has 0 fully saturated rings. The minimum atomic E-state index is -2.15. The van der Waals surface area contributed by atoms with Crippen LogP contribution in [0.5, 0.6) is 0 Å². The highest BCUT2D eigenvalue weighted by molar-refractivity contribution is 7.74. The average molecular weight is 422 g/mol. The predicted molar refractivity (Wildman–Crippen MR) is 97.9 cm³/mol. The zero-order valence-electron chi connectivity index (χ0n) is 11.8. The van der Waals surface area contributed by atoms with E-state index in [-0.39, 0.29) is 0 Å². The van der Waals surface area contributed by atoms with E-state index in [2.05, 4.69) is 57.0 Å². The van der Waals surface area contributed by atoms with Gasteiger partial charge in [0.05, 0.1) is 0 Å². The monoisotopic (exact) mass is 420 g/mol. The molecule has 1 atom stereocenters. The quantitative estimate of drug-likeness (QED) is 0.312. The fourth-order valence-corrected chi connectivity index (χ4v) is 2.68. The lowest BCUT2D eigenvalue weighted by atomic mass is 9.99. The van der Waals surface area contributed by atoms with Gasteiger partial charge >= 0.3 is 0 Å². The van der Waals surface area contributed by atoms with Gasteiger partial charge in [0.1, 0.15) is 0 Å². The summed E-state index contributed by atoms with van der Waals surface area (Å²) in [7, 11) is -4.30. The van der Waals surface area contributed by atoms with Gasteiger partial charge in [-0.1, -0.05) is 18.2 Å². The topological polar surface area (TPSA) is 109 Å². The van der Waals surface area contributed by atoms with Gasteiger partial charge in [-0.05, 0) is 34.1 Å². The number of rotatable bonds is 1. The summed E-state index contributed by atoms with van der Waals surface area (Å²) >= 11 is 14.9. The molecule has 0 bridgehead atoms. The molecule has 11 heteroatoms. The highest BCUT2D eigenvalue weighted by Crippen LogP contribution is 2.31. The Bertz CT molecular complexity index is 589. The standard InChI is InChI=1S/C12H13ClN2.2ClH2O2P/c13-7-11-12-8-3-1-2-4-9(8)15-10(12)5-6-14-11;2*1-4(2)3/h1-4,11,14-15H,5-7H2;2*2-3H. The number of para-hydroxylation sites is 1. The first-order valence-corrected chi connectivity index (χ1v) is 11.3. The minimum absolute atomic E-state index is 0.298. The molecule has 0 amide bonds. The van der Waals surface area contributed by atoms with Crippen molar-refractivity contribution in [2.24, 2.45) is 0 Å². The first kappa shape index (κ1) is 21.3. The van der Waals surface area contributed by atoms with Crippen LogP contribution in [0.1, 0.15) is 17.3 Å². The maximum absolute atomic E-state index is 7.44. The molecular weight excluding hydrogens is 404 g/mol. The van der Waals surface area contributed by atoms with E-state index in [4.69, 9.17) is 31.2 Å². The van der Waals surface area contributed by atoms with E-state index in [1.54, 1.807) is 0 Å². The number of H-pyrrole nitrogens is 1. The van der Waals surface area contributed by atoms with Crippen LogP contribution in [0.2, 0.25) is 0 Å². The Morgan fingerprint density at radius 1 is 1.09 bits per heavy atom. The van der Waals surface area contributed by atoms with Crippen molar-refractivity contribution >= 4 is 60.4 Å². The van der Waals surface area contributed by atoms with Gasteiger partial charge in [0, 0.05) is 41.5 Å². The minimum Gasteiger partial charge on any atom is -0.358 e. The van der Waals surface area contributed by atoms with Gasteiger partial charge in [-0.2, -0.15) is 0 Å². The molecule has 130 valence electrons. The highest BCUT2D eigenvalue weighted by atomic mass is 35.7. The highest BCUT2D eigenvalue weighted by Gasteiger charge is 2.22. The number of nitrogens with one attached hydrogen (secondary N) is 2. The molecule has 1 aliphatic rings. The Balaban J connectivity index is 0.000000281. The van der Waals surface area contributed by atoms with Crippen molar-refractivity contribution in [1.29, 1.82) is 0 Å². The molecule has 2 aromatic rings. The van der Waals surface area contributed by atoms with Crippen LogP contribution in [0, 0.1) is 0 Å². The third-order valence-electron chi connectivity index (χ3n) is 3.10. The molecule has 1 aromatic heterocycles. The second kappa shape index (κ2) is 11.0. The number of hydrogen-bond acceptors (Lipinski definition) is 5. The lowest BCUT2D eigenvalue weighted by Gasteiger charge is -2.22. The van der Waals surface area contributed by atoms with E-state index in [1.807, 2.05) is 0 Å². The third kappa shape index (κ3) is 7.37. The molecule has 0 spiro atoms. The molecule has 1 unspecified atom stereocenters. The van der Waals surface area contributed by atoms with Crippen molar-refractivity contribution in [3.8, 4) is 0 Å². The van der Waals surface area contributed by atoms with Crippen LogP contribution in [-0.4, -0.2) is 37.0 Å². The van der Waals surface area contributed by atoms with E-state index >= 15 is 0 Å². The van der Waals surface area contributed by atoms with Gasteiger partial charge in [0.2, 0.25) is 0 Å². The van der Waals surface area contributed by atoms with E-state index < -0.39 is 15.5 Å². The Hall–Kier alpha value is 0.290. The summed E-state index contributed by atoms with van der Waals surface area (Å²) in [5.74, 6) is 0.634. The Labute approximate surface area is 150 Å². The average Bonchev–Trinajstić information content (AvgIpc) is 2.84. The summed E-state index contributed by atoms with van der Waals surface area (Å²) in [5.41, 5.74) is 3.94. The van der Waals surface area contributed by atoms with Crippen LogP contribution in [0.25, 0.3) is 10.9 Å². The molecule has 1 aliphatic heterocycles. The van der Waals surface area contributed by atoms with Crippen molar-refractivity contribution in [1.82, 2.24) is 10.3 Å². The Kier molecular flexibility index (Phi) is 10.2. The van der Waals surface area contributed by atoms with Gasteiger partial charge in [-0.25, -0.2) is 0 Å². The first-order chi connectivity index (χ1) is 10.9. The van der Waals surface area contributed by atoms with Gasteiger partial charge in [-0.15, -0.1) is 11.6 Å². The summed E-state index contributed by atoms with van der Waals surface area (Å²) in [6.45, 7) is 1.01. The zero-order valence-corrected chi connectivity index (χ0v) is 15.9. The molecule has 6 nitrogen and oxygen atoms in total. The molecule has 0 aliphatic carbocycles. The summed E-state index contributed by atoms with van der Waals surface area (Å²) < 4.78 is 0. The van der Waals surface area contributed by atoms with Crippen LogP contribution in [0.4, 0.5) is 0 Å². The summed E-state index contributed by atoms with van der Waals surface area (Å²) in [5, 5.41) is 4.76. The SMILES string of the molecule is ClCC1NCCc2[nH]c3ccccc3c21.OP(O)Cl.OP(O)Cl. The molecule has 3 rings (SSSR count). The number of aromatic amines is 1. The lowest BCUT2D eigenvalue weighted by molar-refractivity contribution is 0.502. The normalized spacial score (nSPS) is 16.5. The summed E-state index contributed by atoms with van der Waals surface area (Å²) in [6.07, 6.45) is 1.07. The predicted octanol–water partition coefficient (Wildman–Crippen LogP) is 3.47. The number of halogens is 3. The van der Waals surface area contributed by atoms with Crippen LogP contribution in [0.15, 0.2) is 24.3 Å². The molecule has 0 radical (unpaired) electrons. The van der Waals surface area contributed by atoms with Gasteiger partial charge in [0.15, 0.2) is 0 Å². The first-order valence-electron chi connectivity index (χ1n) is 6.43. The number of fused-ring (bicyclic) bond motifs is 3. The summed E-state index contributed by atoms with van der Waals surface area (Å²) in [6, 6.07) is 8.73. The molecule has 1 aromatic carbocycles. The number of benzene rings is 1. The molecule has 0 saturated carbocycles. The number of aromatic nitrogens is 1. The summed E-state index contributed by atoms with van der Waals surface area (Å²) in [4.78, 5) is 33.2. The molecule has 2 heterocycles. The van der Waals surface area contributed by atoms with E-state index in [1.165, 1.54) is 22.2 Å². The fraction of sp³-hybridized carbons (Fsp3) is 0.333. The molecule has 23 heavy (non-hydrogen) atoms. The van der Waals surface area contributed by atoms with Crippen LogP contribution in [0.3, 0.4) is 0 Å². The second-order valence-electron chi connectivity index (χ2n) is 4.46. The Morgan fingerprint density at radius 3 is 2.22 bits per heavy atom. The molecular formula is C12H17Cl3N2O4P2. The van der Waals surface area contributed by atoms with E-state index in [0.717, 1.165) is 13.0 Å². The smallest absolute Gasteiger partial charge is 0.271 e. The van der Waals surface area contributed by atoms with Gasteiger partial charge < -0.3 is 29.9 Å². The van der Waals surface area contributed by atoms with Crippen LogP contribution in [-0.2, 0) is 6.42 Å². The van der Waals surface area contributed by atoms with Crippen molar-refractivity contribution in [3.63, 3.8) is 0 Å². The largest absolute Gasteiger partial charge is 0.358 e.